The van der Waals surface area contributed by atoms with Crippen LogP contribution in [0.3, 0.4) is 0 Å². The number of benzene rings is 5. The number of carbonyl (C=O) groups excluding carboxylic acids is 1. The summed E-state index contributed by atoms with van der Waals surface area (Å²) >= 11 is 0. The van der Waals surface area contributed by atoms with Gasteiger partial charge in [-0.25, -0.2) is 0 Å². The van der Waals surface area contributed by atoms with E-state index in [0.29, 0.717) is 58.8 Å². The van der Waals surface area contributed by atoms with E-state index in [1.807, 2.05) is 25.1 Å². The Bertz CT molecular complexity index is 2440. The molecule has 0 heterocycles. The summed E-state index contributed by atoms with van der Waals surface area (Å²) in [5, 5.41) is 35.9. The van der Waals surface area contributed by atoms with E-state index >= 15 is 0 Å². The van der Waals surface area contributed by atoms with E-state index in [2.05, 4.69) is 90.8 Å². The molecule has 0 unspecified atom stereocenters. The lowest BCUT2D eigenvalue weighted by Gasteiger charge is -2.30. The first-order valence-electron chi connectivity index (χ1n) is 20.1. The zero-order valence-corrected chi connectivity index (χ0v) is 35.9. The first-order chi connectivity index (χ1) is 28.0. The average molecular weight is 821 g/mol. The number of azo groups is 2. The molecule has 0 fully saturated rings. The predicted octanol–water partition coefficient (Wildman–Crippen LogP) is 11.9. The molecular weight excluding hydrogens is 765 g/mol. The van der Waals surface area contributed by atoms with Gasteiger partial charge in [-0.05, 0) is 103 Å². The van der Waals surface area contributed by atoms with Crippen molar-refractivity contribution in [2.24, 2.45) is 20.5 Å². The lowest BCUT2D eigenvalue weighted by Crippen LogP contribution is -2.25. The minimum Gasteiger partial charge on any atom is -0.506 e. The Morgan fingerprint density at radius 2 is 1.42 bits per heavy atom. The Labute approximate surface area is 348 Å². The van der Waals surface area contributed by atoms with Gasteiger partial charge in [-0.2, -0.15) is 23.8 Å². The number of anilines is 1. The van der Waals surface area contributed by atoms with E-state index in [1.54, 1.807) is 54.6 Å². The number of nitrogens with zero attached hydrogens (tertiary/aromatic N) is 4. The predicted molar refractivity (Wildman–Crippen MR) is 237 cm³/mol. The molecule has 0 spiro atoms. The largest absolute Gasteiger partial charge is 0.506 e. The van der Waals surface area contributed by atoms with Gasteiger partial charge in [-0.3, -0.25) is 9.35 Å². The van der Waals surface area contributed by atoms with Gasteiger partial charge in [0, 0.05) is 35.1 Å². The van der Waals surface area contributed by atoms with Crippen molar-refractivity contribution < 1.29 is 27.6 Å². The van der Waals surface area contributed by atoms with Crippen molar-refractivity contribution in [1.82, 2.24) is 5.32 Å². The highest BCUT2D eigenvalue weighted by molar-refractivity contribution is 7.85. The second-order valence-corrected chi connectivity index (χ2v) is 17.5. The molecule has 0 saturated carbocycles. The van der Waals surface area contributed by atoms with Gasteiger partial charge in [0.25, 0.3) is 16.0 Å². The molecule has 5 aromatic rings. The summed E-state index contributed by atoms with van der Waals surface area (Å²) in [5.74, 6) is -0.0285. The Morgan fingerprint density at radius 3 is 2.08 bits per heavy atom. The zero-order valence-electron chi connectivity index (χ0n) is 35.0. The third-order valence-corrected chi connectivity index (χ3v) is 11.6. The van der Waals surface area contributed by atoms with Crippen LogP contribution in [0.4, 0.5) is 28.4 Å². The van der Waals surface area contributed by atoms with E-state index in [9.17, 15) is 18.3 Å². The van der Waals surface area contributed by atoms with Crippen LogP contribution in [0.2, 0.25) is 0 Å². The molecule has 0 saturated heterocycles. The van der Waals surface area contributed by atoms with E-state index in [0.717, 1.165) is 30.6 Å². The molecule has 0 aliphatic carbocycles. The average Bonchev–Trinajstić information content (AvgIpc) is 3.21. The SMILES string of the molecule is CCC(C)(C)c1ccc(OCCCCNC(=O)c2cc(N=Nc3cccc(N=Nc4ccc(NCCS(=O)(=O)O)cc4C)c3)c3ccccc3c2O)c(C(C)(C)CC)c1. The second kappa shape index (κ2) is 19.4. The summed E-state index contributed by atoms with van der Waals surface area (Å²) in [6.07, 6.45) is 3.46. The van der Waals surface area contributed by atoms with Crippen LogP contribution >= 0.6 is 0 Å². The number of amides is 1. The van der Waals surface area contributed by atoms with Crippen LogP contribution in [-0.2, 0) is 20.9 Å². The number of carbonyl (C=O) groups is 1. The first kappa shape index (κ1) is 44.4. The van der Waals surface area contributed by atoms with Gasteiger partial charge in [0.2, 0.25) is 0 Å². The Balaban J connectivity index is 1.22. The molecule has 0 bridgehead atoms. The zero-order chi connectivity index (χ0) is 42.8. The number of phenols is 1. The van der Waals surface area contributed by atoms with Crippen molar-refractivity contribution in [2.75, 3.05) is 30.8 Å². The minimum atomic E-state index is -4.05. The molecule has 312 valence electrons. The maximum Gasteiger partial charge on any atom is 0.266 e. The molecule has 5 aromatic carbocycles. The van der Waals surface area contributed by atoms with Gasteiger partial charge in [0.05, 0.1) is 40.7 Å². The lowest BCUT2D eigenvalue weighted by atomic mass is 9.76. The molecule has 5 rings (SSSR count). The highest BCUT2D eigenvalue weighted by atomic mass is 32.2. The number of unbranched alkanes of at least 4 members (excludes halogenated alkanes) is 1. The van der Waals surface area contributed by atoms with Gasteiger partial charge in [-0.1, -0.05) is 84.0 Å². The van der Waals surface area contributed by atoms with Crippen LogP contribution in [0.15, 0.2) is 111 Å². The van der Waals surface area contributed by atoms with Crippen molar-refractivity contribution in [3.05, 3.63) is 113 Å². The number of fused-ring (bicyclic) bond motifs is 1. The number of hydrogen-bond acceptors (Lipinski definition) is 10. The van der Waals surface area contributed by atoms with Crippen LogP contribution in [0, 0.1) is 6.92 Å². The van der Waals surface area contributed by atoms with Crippen LogP contribution in [0.5, 0.6) is 11.5 Å². The number of nitrogens with one attached hydrogen (secondary N) is 2. The van der Waals surface area contributed by atoms with Gasteiger partial charge in [0.15, 0.2) is 0 Å². The first-order valence-corrected chi connectivity index (χ1v) is 21.7. The van der Waals surface area contributed by atoms with Crippen molar-refractivity contribution in [1.29, 1.82) is 0 Å². The number of rotatable bonds is 19. The van der Waals surface area contributed by atoms with E-state index in [-0.39, 0.29) is 28.7 Å². The Hall–Kier alpha value is -5.66. The fourth-order valence-corrected chi connectivity index (χ4v) is 6.71. The monoisotopic (exact) mass is 820 g/mol. The number of aromatic hydroxyl groups is 1. The molecule has 0 atom stereocenters. The summed E-state index contributed by atoms with van der Waals surface area (Å²) in [7, 11) is -4.05. The topological polar surface area (TPSA) is 174 Å². The van der Waals surface area contributed by atoms with Gasteiger partial charge in [0.1, 0.15) is 11.5 Å². The molecule has 59 heavy (non-hydrogen) atoms. The fourth-order valence-electron chi connectivity index (χ4n) is 6.35. The molecule has 12 nitrogen and oxygen atoms in total. The number of ether oxygens (including phenoxy) is 1. The Morgan fingerprint density at radius 1 is 0.746 bits per heavy atom. The maximum absolute atomic E-state index is 13.4. The van der Waals surface area contributed by atoms with Crippen LogP contribution < -0.4 is 15.4 Å². The van der Waals surface area contributed by atoms with Crippen LogP contribution in [0.1, 0.15) is 94.3 Å². The van der Waals surface area contributed by atoms with Crippen LogP contribution in [-0.4, -0.2) is 49.4 Å². The minimum absolute atomic E-state index is 0.0337. The van der Waals surface area contributed by atoms with Crippen molar-refractivity contribution >= 4 is 55.2 Å². The van der Waals surface area contributed by atoms with E-state index < -0.39 is 21.8 Å². The summed E-state index contributed by atoms with van der Waals surface area (Å²) in [6.45, 7) is 16.3. The summed E-state index contributed by atoms with van der Waals surface area (Å²) in [5.41, 5.74) is 6.27. The normalized spacial score (nSPS) is 12.4. The molecule has 0 aromatic heterocycles. The summed E-state index contributed by atoms with van der Waals surface area (Å²) in [4.78, 5) is 13.4. The van der Waals surface area contributed by atoms with E-state index in [4.69, 9.17) is 9.29 Å². The number of aryl methyl sites for hydroxylation is 1. The molecule has 13 heteroatoms. The fraction of sp³-hybridized carbons (Fsp3) is 0.370. The quantitative estimate of drug-likeness (QED) is 0.0364. The Kier molecular flexibility index (Phi) is 14.6. The van der Waals surface area contributed by atoms with Gasteiger partial charge < -0.3 is 20.5 Å². The summed E-state index contributed by atoms with van der Waals surface area (Å²) < 4.78 is 37.3. The molecular formula is C46H56N6O6S. The van der Waals surface area contributed by atoms with Crippen LogP contribution in [0.25, 0.3) is 10.8 Å². The second-order valence-electron chi connectivity index (χ2n) is 16.0. The molecule has 0 radical (unpaired) electrons. The van der Waals surface area contributed by atoms with Crippen molar-refractivity contribution in [3.8, 4) is 11.5 Å². The molecule has 0 aliphatic heterocycles. The third-order valence-electron chi connectivity index (χ3n) is 10.9. The van der Waals surface area contributed by atoms with Crippen molar-refractivity contribution in [3.63, 3.8) is 0 Å². The van der Waals surface area contributed by atoms with Gasteiger partial charge >= 0.3 is 0 Å². The highest BCUT2D eigenvalue weighted by Crippen LogP contribution is 2.39. The number of hydrogen-bond donors (Lipinski definition) is 4. The smallest absolute Gasteiger partial charge is 0.266 e. The maximum atomic E-state index is 13.4. The highest BCUT2D eigenvalue weighted by Gasteiger charge is 2.26. The lowest BCUT2D eigenvalue weighted by molar-refractivity contribution is 0.0950. The van der Waals surface area contributed by atoms with E-state index in [1.165, 1.54) is 11.1 Å². The molecule has 4 N–H and O–H groups in total. The molecule has 1 amide bonds. The molecule has 0 aliphatic rings. The van der Waals surface area contributed by atoms with Crippen molar-refractivity contribution in [2.45, 2.75) is 85.0 Å². The number of phenolic OH excluding ortho intramolecular Hbond substituents is 1. The van der Waals surface area contributed by atoms with Gasteiger partial charge in [-0.15, -0.1) is 5.11 Å². The standard InChI is InChI=1S/C46H56N6O6S/c1-8-45(4,5)32-19-22-42(39(28-32)46(6,7)9-2)58-25-13-12-23-48-44(54)38-30-41(36-17-10-11-18-37(36)43(38)53)52-50-35-16-14-15-34(29-35)49-51-40-21-20-33(27-31(40)3)47-24-26-59(55,56)57/h10-11,14-22,27-30,47,53H,8-9,12-13,23-26H2,1-7H3,(H,48,54)(H,55,56,57). The third kappa shape index (κ3) is 12.0. The summed E-state index contributed by atoms with van der Waals surface area (Å²) in [6, 6.07) is 27.7.